The van der Waals surface area contributed by atoms with Gasteiger partial charge in [-0.1, -0.05) is 6.92 Å². The molecule has 1 aliphatic rings. The van der Waals surface area contributed by atoms with Crippen molar-refractivity contribution in [2.45, 2.75) is 25.6 Å². The number of hydrogen-bond donors (Lipinski definition) is 1. The van der Waals surface area contributed by atoms with E-state index in [1.54, 1.807) is 6.20 Å². The minimum Gasteiger partial charge on any atom is -0.368 e. The van der Waals surface area contributed by atoms with Crippen molar-refractivity contribution >= 4 is 17.9 Å². The van der Waals surface area contributed by atoms with E-state index in [4.69, 9.17) is 10.5 Å². The van der Waals surface area contributed by atoms with Crippen molar-refractivity contribution in [1.82, 2.24) is 19.6 Å². The summed E-state index contributed by atoms with van der Waals surface area (Å²) in [5, 5.41) is 4.14. The van der Waals surface area contributed by atoms with Crippen LogP contribution in [0.4, 0.5) is 5.95 Å². The summed E-state index contributed by atoms with van der Waals surface area (Å²) in [6.45, 7) is 1.99. The fraction of sp³-hybridized carbons (Fsp3) is 0.455. The first kappa shape index (κ1) is 11.1. The molecule has 0 saturated carbocycles. The van der Waals surface area contributed by atoms with Crippen molar-refractivity contribution in [3.05, 3.63) is 18.1 Å². The molecule has 7 heteroatoms. The van der Waals surface area contributed by atoms with Gasteiger partial charge in [-0.05, 0) is 12.3 Å². The van der Waals surface area contributed by atoms with Gasteiger partial charge >= 0.3 is 0 Å². The first-order valence-corrected chi connectivity index (χ1v) is 5.75. The van der Waals surface area contributed by atoms with Crippen LogP contribution in [0.5, 0.6) is 0 Å². The summed E-state index contributed by atoms with van der Waals surface area (Å²) >= 11 is 0. The maximum absolute atomic E-state index is 10.9. The zero-order valence-corrected chi connectivity index (χ0v) is 9.85. The maximum atomic E-state index is 10.9. The number of anilines is 1. The highest BCUT2D eigenvalue weighted by Crippen LogP contribution is 2.37. The second kappa shape index (κ2) is 4.02. The molecule has 1 fully saturated rings. The van der Waals surface area contributed by atoms with Crippen molar-refractivity contribution in [2.75, 3.05) is 5.73 Å². The normalized spacial score (nSPS) is 27.7. The molecule has 0 radical (unpaired) electrons. The average Bonchev–Trinajstić information content (AvgIpc) is 2.93. The molecule has 2 aromatic heterocycles. The third-order valence-corrected chi connectivity index (χ3v) is 3.31. The van der Waals surface area contributed by atoms with Crippen LogP contribution in [0.2, 0.25) is 0 Å². The second-order valence-corrected chi connectivity index (χ2v) is 4.51. The summed E-state index contributed by atoms with van der Waals surface area (Å²) in [5.41, 5.74) is 7.18. The molecule has 7 nitrogen and oxygen atoms in total. The molecule has 1 saturated heterocycles. The SMILES string of the molecule is C[C@H]1C[C@H](c2cnn3c(N)ncnc23)O[C@@H]1C=O. The van der Waals surface area contributed by atoms with Gasteiger partial charge in [0.2, 0.25) is 5.95 Å². The van der Waals surface area contributed by atoms with Crippen LogP contribution in [0.3, 0.4) is 0 Å². The first-order valence-electron chi connectivity index (χ1n) is 5.75. The number of nitrogens with zero attached hydrogens (tertiary/aromatic N) is 4. The van der Waals surface area contributed by atoms with Crippen molar-refractivity contribution in [3.63, 3.8) is 0 Å². The van der Waals surface area contributed by atoms with E-state index in [9.17, 15) is 4.79 Å². The van der Waals surface area contributed by atoms with Gasteiger partial charge in [-0.25, -0.2) is 9.97 Å². The summed E-state index contributed by atoms with van der Waals surface area (Å²) < 4.78 is 7.16. The van der Waals surface area contributed by atoms with Crippen LogP contribution in [0.15, 0.2) is 12.5 Å². The molecule has 1 aliphatic heterocycles. The van der Waals surface area contributed by atoms with Gasteiger partial charge in [-0.15, -0.1) is 0 Å². The summed E-state index contributed by atoms with van der Waals surface area (Å²) in [6.07, 6.45) is 4.16. The lowest BCUT2D eigenvalue weighted by Crippen LogP contribution is -2.14. The highest BCUT2D eigenvalue weighted by atomic mass is 16.5. The Hall–Kier alpha value is -2.02. The molecule has 3 atom stereocenters. The third-order valence-electron chi connectivity index (χ3n) is 3.31. The number of fused-ring (bicyclic) bond motifs is 1. The Morgan fingerprint density at radius 2 is 2.39 bits per heavy atom. The van der Waals surface area contributed by atoms with Crippen LogP contribution in [0, 0.1) is 5.92 Å². The predicted octanol–water partition coefficient (Wildman–Crippen LogP) is 0.372. The van der Waals surface area contributed by atoms with Gasteiger partial charge in [0.05, 0.1) is 12.3 Å². The molecule has 0 bridgehead atoms. The zero-order chi connectivity index (χ0) is 12.7. The van der Waals surface area contributed by atoms with Gasteiger partial charge < -0.3 is 15.3 Å². The Morgan fingerprint density at radius 3 is 3.11 bits per heavy atom. The smallest absolute Gasteiger partial charge is 0.224 e. The van der Waals surface area contributed by atoms with Gasteiger partial charge in [-0.2, -0.15) is 9.61 Å². The van der Waals surface area contributed by atoms with Crippen LogP contribution in [-0.4, -0.2) is 32.0 Å². The van der Waals surface area contributed by atoms with E-state index in [1.807, 2.05) is 6.92 Å². The van der Waals surface area contributed by atoms with E-state index in [0.29, 0.717) is 5.65 Å². The second-order valence-electron chi connectivity index (χ2n) is 4.51. The highest BCUT2D eigenvalue weighted by molar-refractivity contribution is 5.58. The van der Waals surface area contributed by atoms with Gasteiger partial charge in [0.25, 0.3) is 0 Å². The summed E-state index contributed by atoms with van der Waals surface area (Å²) in [4.78, 5) is 18.9. The largest absolute Gasteiger partial charge is 0.368 e. The Kier molecular flexibility index (Phi) is 2.48. The molecule has 3 heterocycles. The molecular weight excluding hydrogens is 234 g/mol. The fourth-order valence-electron chi connectivity index (χ4n) is 2.29. The van der Waals surface area contributed by atoms with Crippen LogP contribution in [-0.2, 0) is 9.53 Å². The molecule has 2 aromatic rings. The molecule has 0 aromatic carbocycles. The number of aromatic nitrogens is 4. The number of hydrogen-bond acceptors (Lipinski definition) is 6. The molecule has 18 heavy (non-hydrogen) atoms. The number of carbonyl (C=O) groups is 1. The van der Waals surface area contributed by atoms with Crippen LogP contribution in [0.1, 0.15) is 25.0 Å². The van der Waals surface area contributed by atoms with Crippen molar-refractivity contribution in [2.24, 2.45) is 5.92 Å². The topological polar surface area (TPSA) is 95.4 Å². The number of carbonyl (C=O) groups excluding carboxylic acids is 1. The highest BCUT2D eigenvalue weighted by Gasteiger charge is 2.34. The molecule has 0 aliphatic carbocycles. The molecule has 0 amide bonds. The Bertz CT molecular complexity index is 596. The molecule has 2 N–H and O–H groups in total. The summed E-state index contributed by atoms with van der Waals surface area (Å²) in [6, 6.07) is 0. The zero-order valence-electron chi connectivity index (χ0n) is 9.85. The number of nitrogens with two attached hydrogens (primary N) is 1. The summed E-state index contributed by atoms with van der Waals surface area (Å²) in [5.74, 6) is 0.478. The van der Waals surface area contributed by atoms with Gasteiger partial charge in [0, 0.05) is 5.56 Å². The van der Waals surface area contributed by atoms with Gasteiger partial charge in [0.1, 0.15) is 18.7 Å². The quantitative estimate of drug-likeness (QED) is 0.770. The number of rotatable bonds is 2. The maximum Gasteiger partial charge on any atom is 0.224 e. The van der Waals surface area contributed by atoms with E-state index >= 15 is 0 Å². The van der Waals surface area contributed by atoms with Crippen molar-refractivity contribution in [1.29, 1.82) is 0 Å². The number of nitrogen functional groups attached to an aromatic ring is 1. The average molecular weight is 247 g/mol. The molecule has 3 rings (SSSR count). The first-order chi connectivity index (χ1) is 8.70. The molecule has 94 valence electrons. The van der Waals surface area contributed by atoms with E-state index in [0.717, 1.165) is 18.3 Å². The Labute approximate surface area is 103 Å². The van der Waals surface area contributed by atoms with Crippen LogP contribution >= 0.6 is 0 Å². The minimum atomic E-state index is -0.357. The molecule has 0 spiro atoms. The fourth-order valence-corrected chi connectivity index (χ4v) is 2.29. The lowest BCUT2D eigenvalue weighted by atomic mass is 10.0. The monoisotopic (exact) mass is 247 g/mol. The van der Waals surface area contributed by atoms with E-state index < -0.39 is 0 Å². The van der Waals surface area contributed by atoms with Crippen LogP contribution < -0.4 is 5.73 Å². The third kappa shape index (κ3) is 1.55. The van der Waals surface area contributed by atoms with E-state index in [1.165, 1.54) is 10.8 Å². The number of aldehydes is 1. The van der Waals surface area contributed by atoms with Gasteiger partial charge in [-0.3, -0.25) is 0 Å². The molecule has 0 unspecified atom stereocenters. The lowest BCUT2D eigenvalue weighted by Gasteiger charge is -2.08. The predicted molar refractivity (Wildman–Crippen MR) is 62.7 cm³/mol. The standard InChI is InChI=1S/C11H13N5O2/c1-6-2-8(18-9(6)4-17)7-3-15-16-10(7)13-5-14-11(16)12/h3-6,8-9H,2H2,1H3,(H2,12,13,14)/t6-,8+,9+/m0/s1. The lowest BCUT2D eigenvalue weighted by molar-refractivity contribution is -0.118. The Morgan fingerprint density at radius 1 is 1.56 bits per heavy atom. The summed E-state index contributed by atoms with van der Waals surface area (Å²) in [7, 11) is 0. The number of ether oxygens (including phenoxy) is 1. The van der Waals surface area contributed by atoms with E-state index in [-0.39, 0.29) is 24.1 Å². The van der Waals surface area contributed by atoms with Crippen molar-refractivity contribution < 1.29 is 9.53 Å². The Balaban J connectivity index is 2.01. The van der Waals surface area contributed by atoms with Crippen molar-refractivity contribution in [3.8, 4) is 0 Å². The minimum absolute atomic E-state index is 0.165. The van der Waals surface area contributed by atoms with E-state index in [2.05, 4.69) is 15.1 Å². The van der Waals surface area contributed by atoms with Gasteiger partial charge in [0.15, 0.2) is 5.65 Å². The van der Waals surface area contributed by atoms with Crippen LogP contribution in [0.25, 0.3) is 5.65 Å². The molecular formula is C11H13N5O2.